The summed E-state index contributed by atoms with van der Waals surface area (Å²) >= 11 is 0. The number of hydrogen-bond acceptors (Lipinski definition) is 5. The highest BCUT2D eigenvalue weighted by Gasteiger charge is 2.24. The summed E-state index contributed by atoms with van der Waals surface area (Å²) in [5.41, 5.74) is 0.390. The van der Waals surface area contributed by atoms with Gasteiger partial charge in [-0.25, -0.2) is 4.79 Å². The van der Waals surface area contributed by atoms with Crippen LogP contribution in [0.15, 0.2) is 30.3 Å². The molecular formula is C18H25NO5. The third kappa shape index (κ3) is 8.31. The lowest BCUT2D eigenvalue weighted by atomic mass is 10.0. The molecule has 0 bridgehead atoms. The van der Waals surface area contributed by atoms with E-state index in [2.05, 4.69) is 5.32 Å². The van der Waals surface area contributed by atoms with Gasteiger partial charge in [0, 0.05) is 6.92 Å². The van der Waals surface area contributed by atoms with Crippen molar-refractivity contribution in [1.82, 2.24) is 5.32 Å². The molecule has 1 rings (SSSR count). The quantitative estimate of drug-likeness (QED) is 0.775. The highest BCUT2D eigenvalue weighted by Crippen LogP contribution is 2.10. The second-order valence-electron chi connectivity index (χ2n) is 6.47. The molecule has 6 heteroatoms. The molecule has 24 heavy (non-hydrogen) atoms. The van der Waals surface area contributed by atoms with Gasteiger partial charge in [0.2, 0.25) is 0 Å². The molecule has 1 N–H and O–H groups in total. The van der Waals surface area contributed by atoms with Crippen LogP contribution in [-0.4, -0.2) is 36.1 Å². The largest absolute Gasteiger partial charge is 0.458 e. The topological polar surface area (TPSA) is 81.7 Å². The van der Waals surface area contributed by atoms with Crippen molar-refractivity contribution in [1.29, 1.82) is 0 Å². The summed E-state index contributed by atoms with van der Waals surface area (Å²) in [6.07, 6.45) is 0.327. The molecule has 132 valence electrons. The molecule has 1 aromatic rings. The van der Waals surface area contributed by atoms with Crippen LogP contribution in [0.5, 0.6) is 0 Å². The highest BCUT2D eigenvalue weighted by atomic mass is 16.6. The molecule has 0 saturated carbocycles. The number of ether oxygens (including phenoxy) is 2. The van der Waals surface area contributed by atoms with E-state index in [0.29, 0.717) is 12.8 Å². The van der Waals surface area contributed by atoms with E-state index in [4.69, 9.17) is 9.47 Å². The molecule has 1 amide bonds. The number of esters is 1. The molecule has 0 heterocycles. The third-order valence-corrected chi connectivity index (χ3v) is 3.06. The Bertz CT molecular complexity index is 563. The van der Waals surface area contributed by atoms with Gasteiger partial charge in [-0.05, 0) is 39.2 Å². The molecule has 6 nitrogen and oxygen atoms in total. The molecule has 0 saturated heterocycles. The SMILES string of the molecule is CC(=O)OCC(=O)[C@H](CCc1ccccc1)NC(=O)OC(C)(C)C. The lowest BCUT2D eigenvalue weighted by molar-refractivity contribution is -0.146. The molecular weight excluding hydrogens is 310 g/mol. The van der Waals surface area contributed by atoms with Crippen LogP contribution < -0.4 is 5.32 Å². The van der Waals surface area contributed by atoms with Crippen molar-refractivity contribution in [2.24, 2.45) is 0 Å². The lowest BCUT2D eigenvalue weighted by Crippen LogP contribution is -2.45. The number of carbonyl (C=O) groups is 3. The third-order valence-electron chi connectivity index (χ3n) is 3.06. The van der Waals surface area contributed by atoms with E-state index in [1.165, 1.54) is 6.92 Å². The molecule has 0 aliphatic rings. The molecule has 0 aliphatic carbocycles. The number of benzene rings is 1. The van der Waals surface area contributed by atoms with Gasteiger partial charge in [-0.3, -0.25) is 9.59 Å². The van der Waals surface area contributed by atoms with Crippen molar-refractivity contribution >= 4 is 17.8 Å². The van der Waals surface area contributed by atoms with Gasteiger partial charge in [0.15, 0.2) is 12.4 Å². The molecule has 0 fully saturated rings. The van der Waals surface area contributed by atoms with E-state index >= 15 is 0 Å². The van der Waals surface area contributed by atoms with Crippen molar-refractivity contribution in [2.45, 2.75) is 52.2 Å². The number of rotatable bonds is 7. The number of amides is 1. The van der Waals surface area contributed by atoms with Crippen molar-refractivity contribution in [3.8, 4) is 0 Å². The van der Waals surface area contributed by atoms with Gasteiger partial charge >= 0.3 is 12.1 Å². The summed E-state index contributed by atoms with van der Waals surface area (Å²) in [6.45, 7) is 6.09. The Morgan fingerprint density at radius 3 is 2.29 bits per heavy atom. The van der Waals surface area contributed by atoms with Gasteiger partial charge in [-0.15, -0.1) is 0 Å². The summed E-state index contributed by atoms with van der Waals surface area (Å²) in [5.74, 6) is -0.908. The summed E-state index contributed by atoms with van der Waals surface area (Å²) in [7, 11) is 0. The maximum Gasteiger partial charge on any atom is 0.408 e. The fourth-order valence-electron chi connectivity index (χ4n) is 1.99. The standard InChI is InChI=1S/C18H25NO5/c1-13(20)23-12-16(21)15(19-17(22)24-18(2,3)4)11-10-14-8-6-5-7-9-14/h5-9,15H,10-12H2,1-4H3,(H,19,22)/t15-/m0/s1. The summed E-state index contributed by atoms with van der Waals surface area (Å²) in [6, 6.07) is 8.84. The monoisotopic (exact) mass is 335 g/mol. The summed E-state index contributed by atoms with van der Waals surface area (Å²) in [4.78, 5) is 35.0. The number of nitrogens with one attached hydrogen (secondary N) is 1. The Kier molecular flexibility index (Phi) is 7.42. The van der Waals surface area contributed by atoms with Crippen LogP contribution in [0.25, 0.3) is 0 Å². The summed E-state index contributed by atoms with van der Waals surface area (Å²) in [5, 5.41) is 2.57. The number of carbonyl (C=O) groups excluding carboxylic acids is 3. The average molecular weight is 335 g/mol. The number of ketones is 1. The Balaban J connectivity index is 2.69. The molecule has 0 unspecified atom stereocenters. The maximum atomic E-state index is 12.2. The van der Waals surface area contributed by atoms with Crippen LogP contribution in [-0.2, 0) is 25.5 Å². The Morgan fingerprint density at radius 2 is 1.75 bits per heavy atom. The lowest BCUT2D eigenvalue weighted by Gasteiger charge is -2.23. The molecule has 0 aliphatic heterocycles. The molecule has 0 aromatic heterocycles. The van der Waals surface area contributed by atoms with Crippen LogP contribution in [0.2, 0.25) is 0 Å². The van der Waals surface area contributed by atoms with Crippen molar-refractivity contribution in [3.63, 3.8) is 0 Å². The minimum atomic E-state index is -0.778. The molecule has 1 atom stereocenters. The van der Waals surface area contributed by atoms with Gasteiger partial charge in [0.05, 0.1) is 6.04 Å². The Labute approximate surface area is 142 Å². The summed E-state index contributed by atoms with van der Waals surface area (Å²) < 4.78 is 9.92. The Hall–Kier alpha value is -2.37. The first-order chi connectivity index (χ1) is 11.2. The van der Waals surface area contributed by atoms with E-state index in [0.717, 1.165) is 5.56 Å². The van der Waals surface area contributed by atoms with E-state index in [1.807, 2.05) is 30.3 Å². The highest BCUT2D eigenvalue weighted by molar-refractivity contribution is 5.89. The van der Waals surface area contributed by atoms with Gasteiger partial charge in [0.1, 0.15) is 5.60 Å². The predicted octanol–water partition coefficient (Wildman–Crippen LogP) is 2.64. The normalized spacial score (nSPS) is 12.2. The minimum absolute atomic E-state index is 0.369. The second kappa shape index (κ2) is 9.05. The number of alkyl carbamates (subject to hydrolysis) is 1. The maximum absolute atomic E-state index is 12.2. The Morgan fingerprint density at radius 1 is 1.12 bits per heavy atom. The van der Waals surface area contributed by atoms with Crippen molar-refractivity contribution < 1.29 is 23.9 Å². The van der Waals surface area contributed by atoms with Gasteiger partial charge in [0.25, 0.3) is 0 Å². The van der Waals surface area contributed by atoms with Gasteiger partial charge < -0.3 is 14.8 Å². The zero-order chi connectivity index (χ0) is 18.2. The van der Waals surface area contributed by atoms with Crippen LogP contribution in [0, 0.1) is 0 Å². The smallest absolute Gasteiger partial charge is 0.408 e. The zero-order valence-corrected chi connectivity index (χ0v) is 14.6. The number of Topliss-reactive ketones (excluding diaryl/α,β-unsaturated/α-hetero) is 1. The number of hydrogen-bond donors (Lipinski definition) is 1. The molecule has 0 spiro atoms. The fraction of sp³-hybridized carbons (Fsp3) is 0.500. The first-order valence-corrected chi connectivity index (χ1v) is 7.87. The number of aryl methyl sites for hydroxylation is 1. The van der Waals surface area contributed by atoms with Crippen LogP contribution >= 0.6 is 0 Å². The first-order valence-electron chi connectivity index (χ1n) is 7.87. The van der Waals surface area contributed by atoms with Crippen LogP contribution in [0.4, 0.5) is 4.79 Å². The predicted molar refractivity (Wildman–Crippen MR) is 89.6 cm³/mol. The van der Waals surface area contributed by atoms with Crippen LogP contribution in [0.3, 0.4) is 0 Å². The van der Waals surface area contributed by atoms with Gasteiger partial charge in [-0.1, -0.05) is 30.3 Å². The second-order valence-corrected chi connectivity index (χ2v) is 6.47. The van der Waals surface area contributed by atoms with E-state index in [1.54, 1.807) is 20.8 Å². The van der Waals surface area contributed by atoms with E-state index in [9.17, 15) is 14.4 Å². The van der Waals surface area contributed by atoms with Crippen molar-refractivity contribution in [2.75, 3.05) is 6.61 Å². The average Bonchev–Trinajstić information content (AvgIpc) is 2.48. The molecule has 0 radical (unpaired) electrons. The fourth-order valence-corrected chi connectivity index (χ4v) is 1.99. The van der Waals surface area contributed by atoms with E-state index < -0.39 is 23.7 Å². The van der Waals surface area contributed by atoms with Crippen LogP contribution in [0.1, 0.15) is 39.7 Å². The van der Waals surface area contributed by atoms with E-state index in [-0.39, 0.29) is 12.4 Å². The zero-order valence-electron chi connectivity index (χ0n) is 14.6. The first kappa shape index (κ1) is 19.7. The minimum Gasteiger partial charge on any atom is -0.458 e. The molecule has 1 aromatic carbocycles. The van der Waals surface area contributed by atoms with Gasteiger partial charge in [-0.2, -0.15) is 0 Å². The van der Waals surface area contributed by atoms with Crippen molar-refractivity contribution in [3.05, 3.63) is 35.9 Å².